The van der Waals surface area contributed by atoms with Crippen molar-refractivity contribution in [2.75, 3.05) is 6.61 Å². The van der Waals surface area contributed by atoms with Crippen molar-refractivity contribution in [1.82, 2.24) is 10.6 Å². The van der Waals surface area contributed by atoms with E-state index in [2.05, 4.69) is 22.8 Å². The van der Waals surface area contributed by atoms with E-state index >= 15 is 0 Å². The van der Waals surface area contributed by atoms with Crippen molar-refractivity contribution in [3.8, 4) is 0 Å². The molecule has 0 spiro atoms. The molecule has 118 valence electrons. The number of carbonyl (C=O) groups excluding carboxylic acids is 1. The van der Waals surface area contributed by atoms with Gasteiger partial charge in [-0.15, -0.1) is 0 Å². The summed E-state index contributed by atoms with van der Waals surface area (Å²) < 4.78 is 0. The Kier molecular flexibility index (Phi) is 4.78. The summed E-state index contributed by atoms with van der Waals surface area (Å²) in [4.78, 5) is 12.3. The van der Waals surface area contributed by atoms with Crippen LogP contribution in [0.15, 0.2) is 42.5 Å². The molecule has 0 heterocycles. The molecule has 1 aromatic rings. The maximum atomic E-state index is 12.3. The van der Waals surface area contributed by atoms with E-state index in [1.807, 2.05) is 30.4 Å². The van der Waals surface area contributed by atoms with Gasteiger partial charge in [-0.1, -0.05) is 48.9 Å². The van der Waals surface area contributed by atoms with E-state index in [4.69, 9.17) is 5.11 Å². The summed E-state index contributed by atoms with van der Waals surface area (Å²) in [6.45, 7) is 0.144. The van der Waals surface area contributed by atoms with Gasteiger partial charge >= 0.3 is 6.03 Å². The van der Waals surface area contributed by atoms with Crippen LogP contribution < -0.4 is 10.6 Å². The predicted octanol–water partition coefficient (Wildman–Crippen LogP) is 2.76. The third-order valence-electron chi connectivity index (χ3n) is 4.79. The fourth-order valence-electron chi connectivity index (χ4n) is 3.28. The van der Waals surface area contributed by atoms with Crippen molar-refractivity contribution < 1.29 is 9.90 Å². The highest BCUT2D eigenvalue weighted by molar-refractivity contribution is 5.75. The molecule has 3 atom stereocenters. The Bertz CT molecular complexity index is 525. The normalized spacial score (nSPS) is 25.5. The molecule has 0 aliphatic heterocycles. The summed E-state index contributed by atoms with van der Waals surface area (Å²) >= 11 is 0. The number of urea groups is 1. The number of aliphatic hydroxyl groups excluding tert-OH is 1. The van der Waals surface area contributed by atoms with Crippen LogP contribution in [-0.4, -0.2) is 23.8 Å². The smallest absolute Gasteiger partial charge is 0.315 e. The van der Waals surface area contributed by atoms with Gasteiger partial charge in [0.1, 0.15) is 0 Å². The molecule has 1 fully saturated rings. The lowest BCUT2D eigenvalue weighted by atomic mass is 9.77. The van der Waals surface area contributed by atoms with E-state index in [9.17, 15) is 4.79 Å². The van der Waals surface area contributed by atoms with Crippen molar-refractivity contribution in [3.63, 3.8) is 0 Å². The monoisotopic (exact) mass is 300 g/mol. The molecule has 1 saturated carbocycles. The van der Waals surface area contributed by atoms with Crippen molar-refractivity contribution in [3.05, 3.63) is 48.0 Å². The Balaban J connectivity index is 1.59. The average molecular weight is 300 g/mol. The zero-order chi connectivity index (χ0) is 15.4. The third-order valence-corrected chi connectivity index (χ3v) is 4.79. The molecule has 22 heavy (non-hydrogen) atoms. The average Bonchev–Trinajstić information content (AvgIpc) is 2.93. The highest BCUT2D eigenvalue weighted by Gasteiger charge is 2.30. The highest BCUT2D eigenvalue weighted by atomic mass is 16.3. The van der Waals surface area contributed by atoms with Crippen LogP contribution in [0, 0.1) is 11.8 Å². The van der Waals surface area contributed by atoms with E-state index in [0.717, 1.165) is 6.42 Å². The standard InChI is InChI=1S/C18H24N2O2/c21-12-13-9-10-16(11-13)19-18(22)20-17(15-7-4-8-15)14-5-2-1-3-6-14/h1-3,5-6,9-10,13,15-17,21H,4,7-8,11-12H2,(H2,19,20,22)/t13-,16+,17?/m0/s1. The Morgan fingerprint density at radius 3 is 2.59 bits per heavy atom. The molecule has 1 aromatic carbocycles. The van der Waals surface area contributed by atoms with E-state index in [1.165, 1.54) is 24.8 Å². The minimum Gasteiger partial charge on any atom is -0.396 e. The van der Waals surface area contributed by atoms with Crippen LogP contribution in [-0.2, 0) is 0 Å². The Morgan fingerprint density at radius 1 is 1.23 bits per heavy atom. The summed E-state index contributed by atoms with van der Waals surface area (Å²) in [6, 6.07) is 10.2. The first-order valence-corrected chi connectivity index (χ1v) is 8.17. The summed E-state index contributed by atoms with van der Waals surface area (Å²) in [6.07, 6.45) is 8.34. The van der Waals surface area contributed by atoms with E-state index in [0.29, 0.717) is 5.92 Å². The summed E-state index contributed by atoms with van der Waals surface area (Å²) in [5.41, 5.74) is 1.18. The second-order valence-electron chi connectivity index (χ2n) is 6.37. The second-order valence-corrected chi connectivity index (χ2v) is 6.37. The number of nitrogens with one attached hydrogen (secondary N) is 2. The molecule has 1 unspecified atom stereocenters. The molecular weight excluding hydrogens is 276 g/mol. The number of carbonyl (C=O) groups is 1. The number of aliphatic hydroxyl groups is 1. The van der Waals surface area contributed by atoms with Crippen molar-refractivity contribution in [1.29, 1.82) is 0 Å². The van der Waals surface area contributed by atoms with Gasteiger partial charge in [0.2, 0.25) is 0 Å². The highest BCUT2D eigenvalue weighted by Crippen LogP contribution is 2.37. The van der Waals surface area contributed by atoms with Gasteiger partial charge in [-0.05, 0) is 30.7 Å². The second kappa shape index (κ2) is 6.97. The van der Waals surface area contributed by atoms with Gasteiger partial charge in [0.25, 0.3) is 0 Å². The van der Waals surface area contributed by atoms with E-state index < -0.39 is 0 Å². The molecule has 3 rings (SSSR count). The molecule has 4 heteroatoms. The van der Waals surface area contributed by atoms with Gasteiger partial charge in [0, 0.05) is 18.6 Å². The van der Waals surface area contributed by atoms with Crippen molar-refractivity contribution in [2.24, 2.45) is 11.8 Å². The Morgan fingerprint density at radius 2 is 2.00 bits per heavy atom. The molecule has 4 nitrogen and oxygen atoms in total. The van der Waals surface area contributed by atoms with E-state index in [1.54, 1.807) is 0 Å². The van der Waals surface area contributed by atoms with Gasteiger partial charge in [-0.3, -0.25) is 0 Å². The molecule has 0 aromatic heterocycles. The first-order chi connectivity index (χ1) is 10.8. The lowest BCUT2D eigenvalue weighted by Crippen LogP contribution is -2.45. The summed E-state index contributed by atoms with van der Waals surface area (Å²) in [5.74, 6) is 0.708. The number of hydrogen-bond acceptors (Lipinski definition) is 2. The first-order valence-electron chi connectivity index (χ1n) is 8.17. The van der Waals surface area contributed by atoms with Crippen LogP contribution in [0.25, 0.3) is 0 Å². The van der Waals surface area contributed by atoms with Gasteiger partial charge in [-0.25, -0.2) is 4.79 Å². The number of hydrogen-bond donors (Lipinski definition) is 3. The minimum atomic E-state index is -0.117. The fourth-order valence-corrected chi connectivity index (χ4v) is 3.28. The van der Waals surface area contributed by atoms with Crippen LogP contribution in [0.5, 0.6) is 0 Å². The number of benzene rings is 1. The Labute approximate surface area is 131 Å². The van der Waals surface area contributed by atoms with Crippen LogP contribution in [0.2, 0.25) is 0 Å². The molecule has 0 radical (unpaired) electrons. The number of rotatable bonds is 5. The van der Waals surface area contributed by atoms with Gasteiger partial charge < -0.3 is 15.7 Å². The quantitative estimate of drug-likeness (QED) is 0.732. The third kappa shape index (κ3) is 3.50. The molecular formula is C18H24N2O2. The van der Waals surface area contributed by atoms with Crippen LogP contribution in [0.4, 0.5) is 4.79 Å². The maximum Gasteiger partial charge on any atom is 0.315 e. The maximum absolute atomic E-state index is 12.3. The molecule has 2 aliphatic carbocycles. The van der Waals surface area contributed by atoms with Crippen molar-refractivity contribution >= 4 is 6.03 Å². The Hall–Kier alpha value is -1.81. The topological polar surface area (TPSA) is 61.4 Å². The lowest BCUT2D eigenvalue weighted by molar-refractivity contribution is 0.204. The molecule has 3 N–H and O–H groups in total. The molecule has 0 saturated heterocycles. The van der Waals surface area contributed by atoms with Crippen molar-refractivity contribution in [2.45, 2.75) is 37.8 Å². The van der Waals surface area contributed by atoms with Gasteiger partial charge in [-0.2, -0.15) is 0 Å². The lowest BCUT2D eigenvalue weighted by Gasteiger charge is -2.35. The summed E-state index contributed by atoms with van der Waals surface area (Å²) in [5, 5.41) is 15.3. The minimum absolute atomic E-state index is 0.0231. The fraction of sp³-hybridized carbons (Fsp3) is 0.500. The zero-order valence-electron chi connectivity index (χ0n) is 12.7. The van der Waals surface area contributed by atoms with Gasteiger partial charge in [0.15, 0.2) is 0 Å². The predicted molar refractivity (Wildman–Crippen MR) is 86.3 cm³/mol. The van der Waals surface area contributed by atoms with Crippen LogP contribution in [0.3, 0.4) is 0 Å². The number of amides is 2. The first kappa shape index (κ1) is 15.1. The summed E-state index contributed by atoms with van der Waals surface area (Å²) in [7, 11) is 0. The van der Waals surface area contributed by atoms with E-state index in [-0.39, 0.29) is 30.6 Å². The SMILES string of the molecule is O=C(NC(c1ccccc1)C1CCC1)N[C@@H]1C=C[C@H](CO)C1. The molecule has 0 bridgehead atoms. The zero-order valence-corrected chi connectivity index (χ0v) is 12.7. The largest absolute Gasteiger partial charge is 0.396 e. The van der Waals surface area contributed by atoms with Gasteiger partial charge in [0.05, 0.1) is 6.04 Å². The molecule has 2 amide bonds. The van der Waals surface area contributed by atoms with Crippen LogP contribution >= 0.6 is 0 Å². The van der Waals surface area contributed by atoms with Crippen LogP contribution in [0.1, 0.15) is 37.3 Å². The molecule has 2 aliphatic rings.